The second kappa shape index (κ2) is 9.37. The molecular weight excluding hydrogens is 254 g/mol. The second-order valence-corrected chi connectivity index (χ2v) is 4.83. The van der Waals surface area contributed by atoms with Gasteiger partial charge in [-0.25, -0.2) is 0 Å². The van der Waals surface area contributed by atoms with Gasteiger partial charge in [0.25, 0.3) is 0 Å². The summed E-state index contributed by atoms with van der Waals surface area (Å²) in [7, 11) is 0. The standard InChI is InChI=1S/C16H25NO3/c1-3-14(16(18)19)8-5-13-6-9-15(10-7-13)20-12-11-17-4-2/h6-7,9-10,14,17H,3-5,8,11-12H2,1-2H3,(H,18,19). The zero-order chi connectivity index (χ0) is 14.8. The van der Waals surface area contributed by atoms with Gasteiger partial charge in [-0.3, -0.25) is 4.79 Å². The molecule has 4 heteroatoms. The first kappa shape index (κ1) is 16.5. The minimum atomic E-state index is -0.698. The quantitative estimate of drug-likeness (QED) is 0.647. The third-order valence-electron chi connectivity index (χ3n) is 3.34. The Balaban J connectivity index is 2.36. The summed E-state index contributed by atoms with van der Waals surface area (Å²) < 4.78 is 5.59. The Morgan fingerprint density at radius 3 is 2.55 bits per heavy atom. The first-order valence-electron chi connectivity index (χ1n) is 7.32. The van der Waals surface area contributed by atoms with E-state index in [0.29, 0.717) is 19.4 Å². The van der Waals surface area contributed by atoms with Crippen molar-refractivity contribution in [3.63, 3.8) is 0 Å². The lowest BCUT2D eigenvalue weighted by atomic mass is 9.97. The highest BCUT2D eigenvalue weighted by molar-refractivity contribution is 5.69. The fraction of sp³-hybridized carbons (Fsp3) is 0.562. The first-order chi connectivity index (χ1) is 9.67. The smallest absolute Gasteiger partial charge is 0.306 e. The van der Waals surface area contributed by atoms with Crippen LogP contribution in [0.25, 0.3) is 0 Å². The molecule has 1 rings (SSSR count). The normalized spacial score (nSPS) is 12.1. The van der Waals surface area contributed by atoms with Crippen LogP contribution in [-0.2, 0) is 11.2 Å². The average molecular weight is 279 g/mol. The molecule has 0 radical (unpaired) electrons. The predicted molar refractivity (Wildman–Crippen MR) is 80.2 cm³/mol. The van der Waals surface area contributed by atoms with Gasteiger partial charge in [0, 0.05) is 6.54 Å². The first-order valence-corrected chi connectivity index (χ1v) is 7.32. The molecule has 0 saturated carbocycles. The number of nitrogens with one attached hydrogen (secondary N) is 1. The second-order valence-electron chi connectivity index (χ2n) is 4.83. The van der Waals surface area contributed by atoms with Gasteiger partial charge in [-0.15, -0.1) is 0 Å². The molecular formula is C16H25NO3. The van der Waals surface area contributed by atoms with E-state index in [1.165, 1.54) is 0 Å². The van der Waals surface area contributed by atoms with Crippen LogP contribution in [0.2, 0.25) is 0 Å². The number of aliphatic carboxylic acids is 1. The Bertz CT molecular complexity index is 389. The van der Waals surface area contributed by atoms with E-state index < -0.39 is 5.97 Å². The van der Waals surface area contributed by atoms with Gasteiger partial charge >= 0.3 is 5.97 Å². The molecule has 0 amide bonds. The van der Waals surface area contributed by atoms with E-state index in [-0.39, 0.29) is 5.92 Å². The van der Waals surface area contributed by atoms with Gasteiger partial charge in [-0.1, -0.05) is 26.0 Å². The maximum Gasteiger partial charge on any atom is 0.306 e. The lowest BCUT2D eigenvalue weighted by molar-refractivity contribution is -0.142. The highest BCUT2D eigenvalue weighted by Crippen LogP contribution is 2.16. The summed E-state index contributed by atoms with van der Waals surface area (Å²) in [4.78, 5) is 11.0. The van der Waals surface area contributed by atoms with E-state index in [9.17, 15) is 4.79 Å². The fourth-order valence-corrected chi connectivity index (χ4v) is 2.01. The summed E-state index contributed by atoms with van der Waals surface area (Å²) in [6.45, 7) is 6.43. The van der Waals surface area contributed by atoms with Gasteiger partial charge in [0.15, 0.2) is 0 Å². The number of rotatable bonds is 10. The van der Waals surface area contributed by atoms with Crippen molar-refractivity contribution >= 4 is 5.97 Å². The van der Waals surface area contributed by atoms with Crippen LogP contribution in [-0.4, -0.2) is 30.8 Å². The Labute approximate surface area is 121 Å². The third-order valence-corrected chi connectivity index (χ3v) is 3.34. The Morgan fingerprint density at radius 2 is 2.00 bits per heavy atom. The van der Waals surface area contributed by atoms with Crippen molar-refractivity contribution in [2.45, 2.75) is 33.1 Å². The molecule has 0 spiro atoms. The molecule has 0 aromatic heterocycles. The number of carboxylic acid groups (broad SMARTS) is 1. The molecule has 4 nitrogen and oxygen atoms in total. The van der Waals surface area contributed by atoms with E-state index in [0.717, 1.165) is 30.8 Å². The Kier molecular flexibility index (Phi) is 7.73. The molecule has 0 fully saturated rings. The Hall–Kier alpha value is -1.55. The van der Waals surface area contributed by atoms with Crippen molar-refractivity contribution in [1.82, 2.24) is 5.32 Å². The highest BCUT2D eigenvalue weighted by Gasteiger charge is 2.14. The van der Waals surface area contributed by atoms with Crippen LogP contribution in [0.5, 0.6) is 5.75 Å². The molecule has 20 heavy (non-hydrogen) atoms. The average Bonchev–Trinajstić information content (AvgIpc) is 2.45. The third kappa shape index (κ3) is 6.06. The highest BCUT2D eigenvalue weighted by atomic mass is 16.5. The fourth-order valence-electron chi connectivity index (χ4n) is 2.01. The van der Waals surface area contributed by atoms with Gasteiger partial charge in [0.2, 0.25) is 0 Å². The zero-order valence-electron chi connectivity index (χ0n) is 12.4. The van der Waals surface area contributed by atoms with Crippen LogP contribution in [0.4, 0.5) is 0 Å². The number of benzene rings is 1. The lowest BCUT2D eigenvalue weighted by Gasteiger charge is -2.10. The molecule has 1 aromatic carbocycles. The molecule has 1 aromatic rings. The van der Waals surface area contributed by atoms with Crippen molar-refractivity contribution in [2.24, 2.45) is 5.92 Å². The summed E-state index contributed by atoms with van der Waals surface area (Å²) in [5.41, 5.74) is 1.16. The predicted octanol–water partition coefficient (Wildman–Crippen LogP) is 2.72. The van der Waals surface area contributed by atoms with Crippen LogP contribution < -0.4 is 10.1 Å². The molecule has 0 aliphatic heterocycles. The molecule has 0 saturated heterocycles. The number of ether oxygens (including phenoxy) is 1. The van der Waals surface area contributed by atoms with Crippen LogP contribution in [0.3, 0.4) is 0 Å². The van der Waals surface area contributed by atoms with Gasteiger partial charge in [-0.05, 0) is 43.5 Å². The van der Waals surface area contributed by atoms with Crippen LogP contribution >= 0.6 is 0 Å². The summed E-state index contributed by atoms with van der Waals surface area (Å²) in [6, 6.07) is 7.92. The molecule has 1 unspecified atom stereocenters. The van der Waals surface area contributed by atoms with Crippen LogP contribution in [0.15, 0.2) is 24.3 Å². The maximum atomic E-state index is 11.0. The van der Waals surface area contributed by atoms with Crippen LogP contribution in [0, 0.1) is 5.92 Å². The minimum absolute atomic E-state index is 0.244. The SMILES string of the molecule is CCNCCOc1ccc(CCC(CC)C(=O)O)cc1. The van der Waals surface area contributed by atoms with E-state index >= 15 is 0 Å². The topological polar surface area (TPSA) is 58.6 Å². The number of likely N-dealkylation sites (N-methyl/N-ethyl adjacent to an activating group) is 1. The summed E-state index contributed by atoms with van der Waals surface area (Å²) >= 11 is 0. The van der Waals surface area contributed by atoms with E-state index in [1.54, 1.807) is 0 Å². The number of carbonyl (C=O) groups is 1. The summed E-state index contributed by atoms with van der Waals surface area (Å²) in [5, 5.41) is 12.2. The molecule has 0 aliphatic carbocycles. The molecule has 0 bridgehead atoms. The number of hydrogen-bond donors (Lipinski definition) is 2. The van der Waals surface area contributed by atoms with Gasteiger partial charge in [0.1, 0.15) is 12.4 Å². The van der Waals surface area contributed by atoms with Crippen molar-refractivity contribution in [3.05, 3.63) is 29.8 Å². The number of aryl methyl sites for hydroxylation is 1. The van der Waals surface area contributed by atoms with Gasteiger partial charge in [-0.2, -0.15) is 0 Å². The van der Waals surface area contributed by atoms with Crippen molar-refractivity contribution in [2.75, 3.05) is 19.7 Å². The summed E-state index contributed by atoms with van der Waals surface area (Å²) in [5.74, 6) is -0.0844. The van der Waals surface area contributed by atoms with E-state index in [1.807, 2.05) is 31.2 Å². The summed E-state index contributed by atoms with van der Waals surface area (Å²) in [6.07, 6.45) is 2.16. The van der Waals surface area contributed by atoms with Gasteiger partial charge in [0.05, 0.1) is 5.92 Å². The molecule has 2 N–H and O–H groups in total. The Morgan fingerprint density at radius 1 is 1.30 bits per heavy atom. The van der Waals surface area contributed by atoms with E-state index in [2.05, 4.69) is 12.2 Å². The van der Waals surface area contributed by atoms with Gasteiger partial charge < -0.3 is 15.2 Å². The van der Waals surface area contributed by atoms with Crippen molar-refractivity contribution in [3.8, 4) is 5.75 Å². The van der Waals surface area contributed by atoms with Crippen molar-refractivity contribution < 1.29 is 14.6 Å². The number of carboxylic acids is 1. The molecule has 0 aliphatic rings. The molecule has 0 heterocycles. The minimum Gasteiger partial charge on any atom is -0.492 e. The number of hydrogen-bond acceptors (Lipinski definition) is 3. The van der Waals surface area contributed by atoms with Crippen LogP contribution in [0.1, 0.15) is 32.3 Å². The molecule has 112 valence electrons. The lowest BCUT2D eigenvalue weighted by Crippen LogP contribution is -2.20. The van der Waals surface area contributed by atoms with E-state index in [4.69, 9.17) is 9.84 Å². The maximum absolute atomic E-state index is 11.0. The molecule has 1 atom stereocenters. The zero-order valence-corrected chi connectivity index (χ0v) is 12.4. The largest absolute Gasteiger partial charge is 0.492 e. The van der Waals surface area contributed by atoms with Crippen molar-refractivity contribution in [1.29, 1.82) is 0 Å². The monoisotopic (exact) mass is 279 g/mol.